The molecule has 0 saturated carbocycles. The molecule has 1 heterocycles. The standard InChI is InChI=1S/C24H24N2O4S/c1-15-7-5-9-19(16(15)2)25-24(28)20(14-18-8-6-12-31-18)26-23(27)17-10-11-21(29-3)22(13-17)30-4/h5-14H,1-4H3,(H,25,28)(H,26,27)/b20-14-. The van der Waals surface area contributed by atoms with Gasteiger partial charge in [-0.05, 0) is 66.8 Å². The molecule has 6 nitrogen and oxygen atoms in total. The van der Waals surface area contributed by atoms with Crippen LogP contribution in [0, 0.1) is 13.8 Å². The average Bonchev–Trinajstić information content (AvgIpc) is 3.29. The maximum Gasteiger partial charge on any atom is 0.272 e. The molecule has 1 aromatic heterocycles. The van der Waals surface area contributed by atoms with Gasteiger partial charge in [-0.3, -0.25) is 9.59 Å². The maximum absolute atomic E-state index is 13.1. The van der Waals surface area contributed by atoms with E-state index in [-0.39, 0.29) is 5.70 Å². The second-order valence-corrected chi connectivity index (χ2v) is 7.78. The Morgan fingerprint density at radius 3 is 2.42 bits per heavy atom. The van der Waals surface area contributed by atoms with E-state index in [1.165, 1.54) is 25.6 Å². The number of hydrogen-bond donors (Lipinski definition) is 2. The van der Waals surface area contributed by atoms with Gasteiger partial charge in [0.25, 0.3) is 11.8 Å². The van der Waals surface area contributed by atoms with Crippen molar-refractivity contribution in [1.82, 2.24) is 5.32 Å². The summed E-state index contributed by atoms with van der Waals surface area (Å²) in [5.41, 5.74) is 3.22. The zero-order valence-corrected chi connectivity index (χ0v) is 18.6. The Labute approximate surface area is 185 Å². The third-order valence-electron chi connectivity index (χ3n) is 4.82. The maximum atomic E-state index is 13.1. The molecule has 2 N–H and O–H groups in total. The molecular weight excluding hydrogens is 412 g/mol. The smallest absolute Gasteiger partial charge is 0.272 e. The highest BCUT2D eigenvalue weighted by Gasteiger charge is 2.17. The van der Waals surface area contributed by atoms with Gasteiger partial charge in [0.05, 0.1) is 14.2 Å². The molecule has 0 radical (unpaired) electrons. The fourth-order valence-corrected chi connectivity index (χ4v) is 3.58. The van der Waals surface area contributed by atoms with E-state index in [1.54, 1.807) is 24.3 Å². The number of nitrogens with one attached hydrogen (secondary N) is 2. The van der Waals surface area contributed by atoms with Crippen molar-refractivity contribution in [2.75, 3.05) is 19.5 Å². The fourth-order valence-electron chi connectivity index (χ4n) is 2.92. The van der Waals surface area contributed by atoms with Crippen LogP contribution >= 0.6 is 11.3 Å². The van der Waals surface area contributed by atoms with Crippen LogP contribution in [0.2, 0.25) is 0 Å². The lowest BCUT2D eigenvalue weighted by molar-refractivity contribution is -0.113. The summed E-state index contributed by atoms with van der Waals surface area (Å²) >= 11 is 1.47. The van der Waals surface area contributed by atoms with Crippen molar-refractivity contribution < 1.29 is 19.1 Å². The lowest BCUT2D eigenvalue weighted by Crippen LogP contribution is -2.31. The van der Waals surface area contributed by atoms with Crippen molar-refractivity contribution in [3.8, 4) is 11.5 Å². The Hall–Kier alpha value is -3.58. The van der Waals surface area contributed by atoms with E-state index in [1.807, 2.05) is 49.6 Å². The molecule has 7 heteroatoms. The number of hydrogen-bond acceptors (Lipinski definition) is 5. The van der Waals surface area contributed by atoms with Crippen LogP contribution in [0.25, 0.3) is 6.08 Å². The normalized spacial score (nSPS) is 11.0. The first-order valence-corrected chi connectivity index (χ1v) is 10.5. The number of anilines is 1. The number of ether oxygens (including phenoxy) is 2. The lowest BCUT2D eigenvalue weighted by Gasteiger charge is -2.14. The molecule has 0 saturated heterocycles. The lowest BCUT2D eigenvalue weighted by atomic mass is 10.1. The van der Waals surface area contributed by atoms with Crippen LogP contribution in [-0.4, -0.2) is 26.0 Å². The van der Waals surface area contributed by atoms with Crippen LogP contribution in [-0.2, 0) is 4.79 Å². The number of carbonyl (C=O) groups is 2. The molecule has 0 aliphatic rings. The minimum atomic E-state index is -0.431. The first-order chi connectivity index (χ1) is 14.9. The summed E-state index contributed by atoms with van der Waals surface area (Å²) < 4.78 is 10.5. The van der Waals surface area contributed by atoms with Gasteiger partial charge in [0, 0.05) is 16.1 Å². The largest absolute Gasteiger partial charge is 0.493 e. The Bertz CT molecular complexity index is 1120. The summed E-state index contributed by atoms with van der Waals surface area (Å²) in [6, 6.07) is 14.3. The Balaban J connectivity index is 1.88. The molecular formula is C24H24N2O4S. The van der Waals surface area contributed by atoms with Gasteiger partial charge in [-0.25, -0.2) is 0 Å². The summed E-state index contributed by atoms with van der Waals surface area (Å²) in [6.45, 7) is 3.92. The number of thiophene rings is 1. The average molecular weight is 437 g/mol. The summed E-state index contributed by atoms with van der Waals surface area (Å²) in [4.78, 5) is 26.8. The number of aryl methyl sites for hydroxylation is 1. The molecule has 0 fully saturated rings. The first kappa shape index (κ1) is 22.1. The van der Waals surface area contributed by atoms with Crippen molar-refractivity contribution in [3.05, 3.63) is 81.2 Å². The summed E-state index contributed by atoms with van der Waals surface area (Å²) in [5.74, 6) is 0.107. The van der Waals surface area contributed by atoms with E-state index >= 15 is 0 Å². The Morgan fingerprint density at radius 2 is 1.74 bits per heavy atom. The second-order valence-electron chi connectivity index (χ2n) is 6.80. The van der Waals surface area contributed by atoms with E-state index in [0.717, 1.165) is 16.0 Å². The van der Waals surface area contributed by atoms with Crippen LogP contribution in [0.1, 0.15) is 26.4 Å². The van der Waals surface area contributed by atoms with Gasteiger partial charge < -0.3 is 20.1 Å². The Kier molecular flexibility index (Phi) is 7.10. The van der Waals surface area contributed by atoms with Crippen molar-refractivity contribution in [1.29, 1.82) is 0 Å². The van der Waals surface area contributed by atoms with Gasteiger partial charge in [0.15, 0.2) is 11.5 Å². The van der Waals surface area contributed by atoms with Gasteiger partial charge in [-0.15, -0.1) is 11.3 Å². The molecule has 2 aromatic carbocycles. The van der Waals surface area contributed by atoms with E-state index in [4.69, 9.17) is 9.47 Å². The van der Waals surface area contributed by atoms with E-state index in [9.17, 15) is 9.59 Å². The quantitative estimate of drug-likeness (QED) is 0.522. The second kappa shape index (κ2) is 9.95. The zero-order valence-electron chi connectivity index (χ0n) is 17.8. The van der Waals surface area contributed by atoms with Crippen molar-refractivity contribution >= 4 is 34.9 Å². The first-order valence-electron chi connectivity index (χ1n) is 9.59. The molecule has 3 aromatic rings. The molecule has 0 spiro atoms. The number of amides is 2. The summed E-state index contributed by atoms with van der Waals surface area (Å²) in [7, 11) is 3.02. The molecule has 0 aliphatic carbocycles. The number of carbonyl (C=O) groups excluding carboxylic acids is 2. The highest BCUT2D eigenvalue weighted by atomic mass is 32.1. The van der Waals surface area contributed by atoms with Crippen LogP contribution in [0.5, 0.6) is 11.5 Å². The highest BCUT2D eigenvalue weighted by molar-refractivity contribution is 7.10. The predicted octanol–water partition coefficient (Wildman–Crippen LogP) is 4.79. The molecule has 0 unspecified atom stereocenters. The topological polar surface area (TPSA) is 76.7 Å². The molecule has 3 rings (SSSR count). The van der Waals surface area contributed by atoms with E-state index < -0.39 is 11.8 Å². The van der Waals surface area contributed by atoms with Crippen molar-refractivity contribution in [3.63, 3.8) is 0 Å². The molecule has 2 amide bonds. The molecule has 0 aliphatic heterocycles. The minimum Gasteiger partial charge on any atom is -0.493 e. The third kappa shape index (κ3) is 5.32. The van der Waals surface area contributed by atoms with Gasteiger partial charge in [-0.1, -0.05) is 18.2 Å². The van der Waals surface area contributed by atoms with Crippen LogP contribution < -0.4 is 20.1 Å². The SMILES string of the molecule is COc1ccc(C(=O)N/C(=C\c2cccs2)C(=O)Nc2cccc(C)c2C)cc1OC. The Morgan fingerprint density at radius 1 is 0.968 bits per heavy atom. The highest BCUT2D eigenvalue weighted by Crippen LogP contribution is 2.27. The molecule has 0 bridgehead atoms. The van der Waals surface area contributed by atoms with Crippen molar-refractivity contribution in [2.45, 2.75) is 13.8 Å². The molecule has 31 heavy (non-hydrogen) atoms. The fraction of sp³-hybridized carbons (Fsp3) is 0.167. The van der Waals surface area contributed by atoms with Crippen LogP contribution in [0.15, 0.2) is 59.6 Å². The number of rotatable bonds is 7. The number of methoxy groups -OCH3 is 2. The summed E-state index contributed by atoms with van der Waals surface area (Å²) in [5, 5.41) is 7.54. The van der Waals surface area contributed by atoms with E-state index in [2.05, 4.69) is 10.6 Å². The monoisotopic (exact) mass is 436 g/mol. The van der Waals surface area contributed by atoms with Crippen LogP contribution in [0.4, 0.5) is 5.69 Å². The van der Waals surface area contributed by atoms with Gasteiger partial charge >= 0.3 is 0 Å². The zero-order chi connectivity index (χ0) is 22.4. The third-order valence-corrected chi connectivity index (χ3v) is 5.64. The number of benzene rings is 2. The van der Waals surface area contributed by atoms with Gasteiger partial charge in [-0.2, -0.15) is 0 Å². The molecule has 160 valence electrons. The predicted molar refractivity (Wildman–Crippen MR) is 124 cm³/mol. The molecule has 0 atom stereocenters. The van der Waals surface area contributed by atoms with Crippen molar-refractivity contribution in [2.24, 2.45) is 0 Å². The van der Waals surface area contributed by atoms with Crippen LogP contribution in [0.3, 0.4) is 0 Å². The summed E-state index contributed by atoms with van der Waals surface area (Å²) in [6.07, 6.45) is 1.66. The van der Waals surface area contributed by atoms with Gasteiger partial charge in [0.2, 0.25) is 0 Å². The van der Waals surface area contributed by atoms with E-state index in [0.29, 0.717) is 22.7 Å². The van der Waals surface area contributed by atoms with Gasteiger partial charge in [0.1, 0.15) is 5.70 Å². The minimum absolute atomic E-state index is 0.142.